The molecule has 0 aliphatic heterocycles. The summed E-state index contributed by atoms with van der Waals surface area (Å²) in [7, 11) is -2.70. The third-order valence-corrected chi connectivity index (χ3v) is 7.85. The zero-order valence-electron chi connectivity index (χ0n) is 22.7. The first-order chi connectivity index (χ1) is 20.2. The summed E-state index contributed by atoms with van der Waals surface area (Å²) >= 11 is 6.37. The van der Waals surface area contributed by atoms with Crippen molar-refractivity contribution in [3.63, 3.8) is 0 Å². The van der Waals surface area contributed by atoms with Crippen LogP contribution in [0.1, 0.15) is 10.4 Å². The van der Waals surface area contributed by atoms with E-state index in [-0.39, 0.29) is 41.9 Å². The number of ether oxygens (including phenoxy) is 1. The Labute approximate surface area is 248 Å². The maximum atomic E-state index is 13.5. The molecule has 0 fully saturated rings. The Hall–Kier alpha value is -4.01. The summed E-state index contributed by atoms with van der Waals surface area (Å²) in [5.41, 5.74) is 1.55. The summed E-state index contributed by atoms with van der Waals surface area (Å²) in [5.74, 6) is 0.0924. The number of aliphatic hydroxyl groups excluding tert-OH is 2. The van der Waals surface area contributed by atoms with Crippen LogP contribution in [0.5, 0.6) is 5.75 Å². The van der Waals surface area contributed by atoms with E-state index in [4.69, 9.17) is 26.6 Å². The number of halogens is 1. The molecule has 5 N–H and O–H groups in total. The van der Waals surface area contributed by atoms with E-state index in [2.05, 4.69) is 25.3 Å². The predicted molar refractivity (Wildman–Crippen MR) is 161 cm³/mol. The van der Waals surface area contributed by atoms with E-state index in [1.54, 1.807) is 47.4 Å². The van der Waals surface area contributed by atoms with Crippen LogP contribution in [-0.4, -0.2) is 85.9 Å². The number of methoxy groups -OCH3 is 1. The summed E-state index contributed by atoms with van der Waals surface area (Å²) in [4.78, 5) is 23.5. The molecule has 14 heteroatoms. The highest BCUT2D eigenvalue weighted by atomic mass is 35.5. The Morgan fingerprint density at radius 1 is 0.929 bits per heavy atom. The summed E-state index contributed by atoms with van der Waals surface area (Å²) < 4.78 is 34.8. The van der Waals surface area contributed by atoms with Gasteiger partial charge in [-0.2, -0.15) is 0 Å². The number of nitrogens with zero attached hydrogens (tertiary/aromatic N) is 3. The largest absolute Gasteiger partial charge is 0.497 e. The summed E-state index contributed by atoms with van der Waals surface area (Å²) in [6.07, 6.45) is 0. The SMILES string of the molecule is COc1ccc(Cl)c(Nc2nc3ccccc3nc2NS(=O)(=O)c2cccc(C(=O)NCCN(CCO)CCO)c2)c1. The number of para-hydroxylation sites is 2. The van der Waals surface area contributed by atoms with E-state index in [0.717, 1.165) is 0 Å². The van der Waals surface area contributed by atoms with E-state index in [1.807, 2.05) is 0 Å². The van der Waals surface area contributed by atoms with Crippen molar-refractivity contribution in [3.8, 4) is 5.75 Å². The Morgan fingerprint density at radius 3 is 2.29 bits per heavy atom. The molecule has 0 aliphatic carbocycles. The molecule has 1 aromatic heterocycles. The highest BCUT2D eigenvalue weighted by molar-refractivity contribution is 7.92. The van der Waals surface area contributed by atoms with Crippen molar-refractivity contribution in [3.05, 3.63) is 77.3 Å². The van der Waals surface area contributed by atoms with Gasteiger partial charge in [0.25, 0.3) is 15.9 Å². The second-order valence-corrected chi connectivity index (χ2v) is 11.1. The number of carbonyl (C=O) groups is 1. The number of hydrogen-bond acceptors (Lipinski definition) is 10. The molecule has 0 saturated heterocycles. The average molecular weight is 615 g/mol. The van der Waals surface area contributed by atoms with Gasteiger partial charge in [-0.15, -0.1) is 0 Å². The number of aliphatic hydroxyl groups is 2. The van der Waals surface area contributed by atoms with E-state index in [1.165, 1.54) is 31.4 Å². The number of nitrogens with one attached hydrogen (secondary N) is 3. The minimum absolute atomic E-state index is 0.0738. The van der Waals surface area contributed by atoms with Gasteiger partial charge < -0.3 is 25.6 Å². The molecular formula is C28H31ClN6O6S. The van der Waals surface area contributed by atoms with Crippen LogP contribution in [0.25, 0.3) is 11.0 Å². The molecular weight excluding hydrogens is 584 g/mol. The van der Waals surface area contributed by atoms with E-state index < -0.39 is 15.9 Å². The first-order valence-electron chi connectivity index (χ1n) is 13.0. The van der Waals surface area contributed by atoms with Gasteiger partial charge in [0.05, 0.1) is 47.0 Å². The van der Waals surface area contributed by atoms with Crippen LogP contribution in [0.2, 0.25) is 5.02 Å². The van der Waals surface area contributed by atoms with Crippen LogP contribution < -0.4 is 20.1 Å². The number of anilines is 3. The van der Waals surface area contributed by atoms with Crippen LogP contribution in [-0.2, 0) is 10.0 Å². The number of sulfonamides is 1. The molecule has 222 valence electrons. The van der Waals surface area contributed by atoms with Crippen molar-refractivity contribution in [2.45, 2.75) is 4.90 Å². The number of fused-ring (bicyclic) bond motifs is 1. The standard InChI is InChI=1S/C28H31ClN6O6S/c1-41-20-9-10-22(29)25(18-20)33-26-27(32-24-8-3-2-7-23(24)31-26)34-42(39,40)21-6-4-5-19(17-21)28(38)30-11-12-35(13-15-36)14-16-37/h2-10,17-18,36-37H,11-16H2,1H3,(H,30,38)(H,31,33)(H,32,34). The molecule has 1 amide bonds. The topological polar surface area (TPSA) is 166 Å². The maximum absolute atomic E-state index is 13.5. The monoisotopic (exact) mass is 614 g/mol. The van der Waals surface area contributed by atoms with Crippen LogP contribution in [0.15, 0.2) is 71.6 Å². The maximum Gasteiger partial charge on any atom is 0.263 e. The number of benzene rings is 3. The van der Waals surface area contributed by atoms with E-state index in [9.17, 15) is 13.2 Å². The van der Waals surface area contributed by atoms with Crippen LogP contribution in [0.3, 0.4) is 0 Å². The fourth-order valence-corrected chi connectivity index (χ4v) is 5.27. The Balaban J connectivity index is 1.58. The molecule has 0 bridgehead atoms. The molecule has 0 saturated carbocycles. The fourth-order valence-electron chi connectivity index (χ4n) is 4.05. The first-order valence-corrected chi connectivity index (χ1v) is 14.8. The zero-order valence-corrected chi connectivity index (χ0v) is 24.3. The third-order valence-electron chi connectivity index (χ3n) is 6.18. The molecule has 0 unspecified atom stereocenters. The van der Waals surface area contributed by atoms with Gasteiger partial charge in [0.2, 0.25) is 0 Å². The van der Waals surface area contributed by atoms with Crippen molar-refractivity contribution in [1.29, 1.82) is 0 Å². The van der Waals surface area contributed by atoms with Gasteiger partial charge in [0.15, 0.2) is 11.6 Å². The van der Waals surface area contributed by atoms with Gasteiger partial charge >= 0.3 is 0 Å². The molecule has 3 aromatic carbocycles. The number of aromatic nitrogens is 2. The highest BCUT2D eigenvalue weighted by Gasteiger charge is 2.21. The van der Waals surface area contributed by atoms with Gasteiger partial charge in [0, 0.05) is 37.8 Å². The van der Waals surface area contributed by atoms with Crippen molar-refractivity contribution < 1.29 is 28.2 Å². The number of carbonyl (C=O) groups excluding carboxylic acids is 1. The lowest BCUT2D eigenvalue weighted by Gasteiger charge is -2.20. The molecule has 1 heterocycles. The van der Waals surface area contributed by atoms with Crippen LogP contribution in [0.4, 0.5) is 17.3 Å². The lowest BCUT2D eigenvalue weighted by Crippen LogP contribution is -2.37. The summed E-state index contributed by atoms with van der Waals surface area (Å²) in [6.45, 7) is 1.20. The van der Waals surface area contributed by atoms with Crippen LogP contribution in [0, 0.1) is 0 Å². The van der Waals surface area contributed by atoms with E-state index >= 15 is 0 Å². The van der Waals surface area contributed by atoms with Crippen molar-refractivity contribution in [2.75, 3.05) is 56.5 Å². The molecule has 0 radical (unpaired) electrons. The second kappa shape index (κ2) is 14.2. The van der Waals surface area contributed by atoms with Crippen LogP contribution >= 0.6 is 11.6 Å². The predicted octanol–water partition coefficient (Wildman–Crippen LogP) is 2.85. The lowest BCUT2D eigenvalue weighted by molar-refractivity contribution is 0.0944. The number of hydrogen-bond donors (Lipinski definition) is 5. The van der Waals surface area contributed by atoms with Gasteiger partial charge in [-0.25, -0.2) is 18.4 Å². The van der Waals surface area contributed by atoms with Gasteiger partial charge in [-0.1, -0.05) is 29.8 Å². The highest BCUT2D eigenvalue weighted by Crippen LogP contribution is 2.32. The molecule has 4 rings (SSSR count). The molecule has 0 atom stereocenters. The minimum atomic E-state index is -4.22. The summed E-state index contributed by atoms with van der Waals surface area (Å²) in [6, 6.07) is 17.6. The molecule has 12 nitrogen and oxygen atoms in total. The molecule has 0 aliphatic rings. The first kappa shape index (κ1) is 30.9. The second-order valence-electron chi connectivity index (χ2n) is 9.06. The molecule has 42 heavy (non-hydrogen) atoms. The number of amides is 1. The van der Waals surface area contributed by atoms with Gasteiger partial charge in [-0.05, 0) is 42.5 Å². The van der Waals surface area contributed by atoms with Gasteiger partial charge in [0.1, 0.15) is 5.75 Å². The Bertz CT molecular complexity index is 1650. The Morgan fingerprint density at radius 2 is 1.62 bits per heavy atom. The lowest BCUT2D eigenvalue weighted by atomic mass is 10.2. The smallest absolute Gasteiger partial charge is 0.263 e. The number of rotatable bonds is 14. The van der Waals surface area contributed by atoms with Gasteiger partial charge in [-0.3, -0.25) is 14.4 Å². The average Bonchev–Trinajstić information content (AvgIpc) is 2.98. The zero-order chi connectivity index (χ0) is 30.1. The van der Waals surface area contributed by atoms with Crippen molar-refractivity contribution in [2.24, 2.45) is 0 Å². The van der Waals surface area contributed by atoms with Crippen molar-refractivity contribution >= 4 is 55.9 Å². The minimum Gasteiger partial charge on any atom is -0.497 e. The quantitative estimate of drug-likeness (QED) is 0.143. The fraction of sp³-hybridized carbons (Fsp3) is 0.250. The summed E-state index contributed by atoms with van der Waals surface area (Å²) in [5, 5.41) is 24.4. The normalized spacial score (nSPS) is 11.5. The van der Waals surface area contributed by atoms with Crippen molar-refractivity contribution in [1.82, 2.24) is 20.2 Å². The Kier molecular flexibility index (Phi) is 10.5. The van der Waals surface area contributed by atoms with E-state index in [0.29, 0.717) is 47.1 Å². The molecule has 4 aromatic rings. The molecule has 0 spiro atoms. The third kappa shape index (κ3) is 7.84.